The fourth-order valence-electron chi connectivity index (χ4n) is 5.64. The number of likely N-dealkylation sites (tertiary alicyclic amines) is 1. The first-order chi connectivity index (χ1) is 24.0. The van der Waals surface area contributed by atoms with E-state index in [1.54, 1.807) is 65.0 Å². The zero-order valence-corrected chi connectivity index (χ0v) is 30.2. The van der Waals surface area contributed by atoms with Crippen LogP contribution >= 0.6 is 0 Å². The summed E-state index contributed by atoms with van der Waals surface area (Å²) in [5.41, 5.74) is 5.66. The molecule has 4 atom stereocenters. The number of nitrogens with two attached hydrogens (primary N) is 1. The molecule has 0 spiro atoms. The van der Waals surface area contributed by atoms with Crippen molar-refractivity contribution in [1.82, 2.24) is 25.8 Å². The summed E-state index contributed by atoms with van der Waals surface area (Å²) in [6, 6.07) is 2.65. The van der Waals surface area contributed by atoms with Gasteiger partial charge in [0.1, 0.15) is 24.7 Å². The van der Waals surface area contributed by atoms with E-state index in [-0.39, 0.29) is 50.5 Å². The van der Waals surface area contributed by atoms with Crippen LogP contribution in [0.25, 0.3) is 0 Å². The number of methoxy groups -OCH3 is 1. The van der Waals surface area contributed by atoms with Gasteiger partial charge in [-0.05, 0) is 63.6 Å². The van der Waals surface area contributed by atoms with E-state index in [9.17, 15) is 33.6 Å². The van der Waals surface area contributed by atoms with Crippen molar-refractivity contribution in [2.45, 2.75) is 84.7 Å². The molecule has 51 heavy (non-hydrogen) atoms. The van der Waals surface area contributed by atoms with Gasteiger partial charge in [0, 0.05) is 32.0 Å². The molecular formula is C35H51N7O9. The van der Waals surface area contributed by atoms with Gasteiger partial charge in [-0.25, -0.2) is 4.79 Å². The molecule has 0 unspecified atom stereocenters. The van der Waals surface area contributed by atoms with Gasteiger partial charge in [0.15, 0.2) is 0 Å². The third-order valence-corrected chi connectivity index (χ3v) is 8.47. The highest BCUT2D eigenvalue weighted by molar-refractivity contribution is 5.99. The van der Waals surface area contributed by atoms with Crippen molar-refractivity contribution in [3.05, 3.63) is 42.0 Å². The van der Waals surface area contributed by atoms with Crippen LogP contribution in [0.1, 0.15) is 59.4 Å². The molecular weight excluding hydrogens is 662 g/mol. The van der Waals surface area contributed by atoms with Crippen LogP contribution in [0.3, 0.4) is 0 Å². The lowest BCUT2D eigenvalue weighted by Gasteiger charge is -2.28. The van der Waals surface area contributed by atoms with E-state index in [1.807, 2.05) is 0 Å². The molecule has 1 aromatic rings. The Morgan fingerprint density at radius 2 is 1.71 bits per heavy atom. The summed E-state index contributed by atoms with van der Waals surface area (Å²) < 4.78 is 10.6. The summed E-state index contributed by atoms with van der Waals surface area (Å²) in [6.07, 6.45) is 3.81. The SMILES string of the molecule is COC[C@@H]1C[C@H](N2CC=CC2=O)C(=O)N1CC(=O)N[C@H](C(=O)N[C@@H](CCCNC(N)=O)C(=O)Nc1ccc(COC(=O)C(C)(C)C)cc1)C(C)C. The first kappa shape index (κ1) is 40.4. The van der Waals surface area contributed by atoms with E-state index in [4.69, 9.17) is 15.2 Å². The number of nitrogens with one attached hydrogen (secondary N) is 4. The predicted molar refractivity (Wildman–Crippen MR) is 186 cm³/mol. The number of esters is 1. The maximum absolute atomic E-state index is 13.6. The van der Waals surface area contributed by atoms with E-state index >= 15 is 0 Å². The fourth-order valence-corrected chi connectivity index (χ4v) is 5.64. The zero-order chi connectivity index (χ0) is 37.9. The molecule has 0 bridgehead atoms. The smallest absolute Gasteiger partial charge is 0.312 e. The third-order valence-electron chi connectivity index (χ3n) is 8.47. The first-order valence-corrected chi connectivity index (χ1v) is 17.0. The van der Waals surface area contributed by atoms with Crippen LogP contribution < -0.4 is 27.0 Å². The largest absolute Gasteiger partial charge is 0.460 e. The molecule has 2 heterocycles. The summed E-state index contributed by atoms with van der Waals surface area (Å²) in [5.74, 6) is -3.15. The number of nitrogens with zero attached hydrogens (tertiary/aromatic N) is 2. The van der Waals surface area contributed by atoms with Crippen molar-refractivity contribution in [3.63, 3.8) is 0 Å². The van der Waals surface area contributed by atoms with E-state index in [0.29, 0.717) is 30.6 Å². The maximum atomic E-state index is 13.6. The van der Waals surface area contributed by atoms with Gasteiger partial charge in [0.05, 0.1) is 24.6 Å². The van der Waals surface area contributed by atoms with Crippen LogP contribution in [0.15, 0.2) is 36.4 Å². The topological polar surface area (TPSA) is 219 Å². The van der Waals surface area contributed by atoms with Gasteiger partial charge in [-0.15, -0.1) is 0 Å². The Morgan fingerprint density at radius 1 is 1.02 bits per heavy atom. The van der Waals surface area contributed by atoms with Crippen molar-refractivity contribution in [2.75, 3.05) is 38.7 Å². The number of carbonyl (C=O) groups is 7. The van der Waals surface area contributed by atoms with E-state index in [1.165, 1.54) is 23.0 Å². The summed E-state index contributed by atoms with van der Waals surface area (Å²) >= 11 is 0. The number of ether oxygens (including phenoxy) is 2. The molecule has 0 aromatic heterocycles. The fraction of sp³-hybridized carbons (Fsp3) is 0.571. The van der Waals surface area contributed by atoms with Gasteiger partial charge in [-0.1, -0.05) is 32.1 Å². The minimum absolute atomic E-state index is 0.0628. The van der Waals surface area contributed by atoms with Crippen molar-refractivity contribution in [3.8, 4) is 0 Å². The van der Waals surface area contributed by atoms with Gasteiger partial charge in [-0.2, -0.15) is 0 Å². The van der Waals surface area contributed by atoms with Crippen LogP contribution in [0.4, 0.5) is 10.5 Å². The molecule has 16 nitrogen and oxygen atoms in total. The van der Waals surface area contributed by atoms with Crippen molar-refractivity contribution < 1.29 is 43.0 Å². The second-order valence-corrected chi connectivity index (χ2v) is 14.0. The number of rotatable bonds is 17. The van der Waals surface area contributed by atoms with Crippen LogP contribution in [0.2, 0.25) is 0 Å². The average molecular weight is 714 g/mol. The Morgan fingerprint density at radius 3 is 2.27 bits per heavy atom. The second kappa shape index (κ2) is 18.3. The standard InChI is InChI=1S/C35H51N7O9/c1-21(2)29(40-27(43)18-42-24(20-50-6)17-26(32(42)47)41-16-8-10-28(41)44)31(46)39-25(9-7-15-37-34(36)49)30(45)38-23-13-11-22(12-14-23)19-51-33(48)35(3,4)5/h8,10-14,21,24-26,29H,7,9,15-20H2,1-6H3,(H,38,45)(H,39,46)(H,40,43)(H3,36,37,49)/t24-,25-,26-,29-/m0/s1. The van der Waals surface area contributed by atoms with Crippen molar-refractivity contribution in [1.29, 1.82) is 0 Å². The van der Waals surface area contributed by atoms with Crippen molar-refractivity contribution in [2.24, 2.45) is 17.1 Å². The molecule has 7 amide bonds. The molecule has 1 saturated heterocycles. The average Bonchev–Trinajstić information content (AvgIpc) is 3.61. The Hall–Kier alpha value is -4.99. The number of urea groups is 1. The van der Waals surface area contributed by atoms with Gasteiger partial charge in [0.2, 0.25) is 29.5 Å². The number of hydrogen-bond donors (Lipinski definition) is 5. The number of carbonyl (C=O) groups excluding carboxylic acids is 7. The molecule has 2 aliphatic heterocycles. The molecule has 280 valence electrons. The van der Waals surface area contributed by atoms with Crippen molar-refractivity contribution >= 4 is 47.2 Å². The predicted octanol–water partition coefficient (Wildman–Crippen LogP) is 0.803. The Labute approximate surface area is 298 Å². The third kappa shape index (κ3) is 11.8. The summed E-state index contributed by atoms with van der Waals surface area (Å²) in [4.78, 5) is 92.1. The molecule has 0 aliphatic carbocycles. The molecule has 3 rings (SSSR count). The van der Waals surface area contributed by atoms with Crippen LogP contribution in [-0.2, 0) is 44.8 Å². The Balaban J connectivity index is 1.67. The first-order valence-electron chi connectivity index (χ1n) is 17.0. The maximum Gasteiger partial charge on any atom is 0.312 e. The monoisotopic (exact) mass is 713 g/mol. The number of primary amides is 1. The molecule has 6 N–H and O–H groups in total. The quantitative estimate of drug-likeness (QED) is 0.114. The Kier molecular flexibility index (Phi) is 14.5. The minimum Gasteiger partial charge on any atom is -0.460 e. The summed E-state index contributed by atoms with van der Waals surface area (Å²) in [6.45, 7) is 9.06. The lowest BCUT2D eigenvalue weighted by atomic mass is 9.97. The van der Waals surface area contributed by atoms with Gasteiger partial charge in [-0.3, -0.25) is 28.8 Å². The van der Waals surface area contributed by atoms with E-state index in [0.717, 1.165) is 0 Å². The van der Waals surface area contributed by atoms with E-state index < -0.39 is 59.3 Å². The lowest BCUT2D eigenvalue weighted by molar-refractivity contribution is -0.154. The number of hydrogen-bond acceptors (Lipinski definition) is 9. The lowest BCUT2D eigenvalue weighted by Crippen LogP contribution is -2.56. The minimum atomic E-state index is -1.06. The molecule has 0 radical (unpaired) electrons. The molecule has 2 aliphatic rings. The van der Waals surface area contributed by atoms with Crippen LogP contribution in [0.5, 0.6) is 0 Å². The molecule has 1 aromatic carbocycles. The Bertz CT molecular complexity index is 1470. The second-order valence-electron chi connectivity index (χ2n) is 14.0. The summed E-state index contributed by atoms with van der Waals surface area (Å²) in [7, 11) is 1.48. The number of amides is 7. The van der Waals surface area contributed by atoms with E-state index in [2.05, 4.69) is 21.3 Å². The van der Waals surface area contributed by atoms with Crippen LogP contribution in [0, 0.1) is 11.3 Å². The zero-order valence-electron chi connectivity index (χ0n) is 30.2. The highest BCUT2D eigenvalue weighted by Crippen LogP contribution is 2.26. The molecule has 16 heteroatoms. The van der Waals surface area contributed by atoms with Gasteiger partial charge >= 0.3 is 12.0 Å². The summed E-state index contributed by atoms with van der Waals surface area (Å²) in [5, 5.41) is 10.7. The van der Waals surface area contributed by atoms with Gasteiger partial charge < -0.3 is 46.3 Å². The highest BCUT2D eigenvalue weighted by Gasteiger charge is 2.45. The molecule has 1 fully saturated rings. The molecule has 0 saturated carbocycles. The van der Waals surface area contributed by atoms with Gasteiger partial charge in [0.25, 0.3) is 0 Å². The van der Waals surface area contributed by atoms with Crippen LogP contribution in [-0.4, -0.2) is 109 Å². The normalized spacial score (nSPS) is 18.4. The number of anilines is 1. The number of benzene rings is 1. The highest BCUT2D eigenvalue weighted by atomic mass is 16.5.